The molecule has 84 valence electrons. The van der Waals surface area contributed by atoms with Gasteiger partial charge in [0.15, 0.2) is 0 Å². The molecule has 0 amide bonds. The standard InChI is InChI=1S/C12H12O4/c1-3-9-11(12(14)15-2)8-6-7(13)4-5-10(8)16-9/h4-6,13H,3H2,1-2H3. The van der Waals surface area contributed by atoms with E-state index in [0.29, 0.717) is 28.7 Å². The number of phenols is 1. The van der Waals surface area contributed by atoms with Gasteiger partial charge in [-0.25, -0.2) is 4.79 Å². The Bertz CT molecular complexity index is 539. The van der Waals surface area contributed by atoms with Crippen LogP contribution in [0.2, 0.25) is 0 Å². The van der Waals surface area contributed by atoms with E-state index in [1.54, 1.807) is 6.07 Å². The van der Waals surface area contributed by atoms with Gasteiger partial charge in [0, 0.05) is 11.8 Å². The van der Waals surface area contributed by atoms with E-state index < -0.39 is 5.97 Å². The molecule has 2 rings (SSSR count). The summed E-state index contributed by atoms with van der Waals surface area (Å²) in [5.74, 6) is 0.231. The van der Waals surface area contributed by atoms with Crippen molar-refractivity contribution in [2.45, 2.75) is 13.3 Å². The molecule has 4 nitrogen and oxygen atoms in total. The first-order valence-corrected chi connectivity index (χ1v) is 5.00. The van der Waals surface area contributed by atoms with Crippen LogP contribution in [-0.4, -0.2) is 18.2 Å². The Balaban J connectivity index is 2.75. The lowest BCUT2D eigenvalue weighted by molar-refractivity contribution is 0.0600. The Morgan fingerprint density at radius 3 is 2.88 bits per heavy atom. The molecule has 0 unspecified atom stereocenters. The van der Waals surface area contributed by atoms with Crippen LogP contribution >= 0.6 is 0 Å². The number of carbonyl (C=O) groups excluding carboxylic acids is 1. The van der Waals surface area contributed by atoms with Gasteiger partial charge in [0.2, 0.25) is 0 Å². The van der Waals surface area contributed by atoms with E-state index >= 15 is 0 Å². The SMILES string of the molecule is CCc1oc2ccc(O)cc2c1C(=O)OC. The van der Waals surface area contributed by atoms with Crippen LogP contribution in [0.3, 0.4) is 0 Å². The molecule has 0 radical (unpaired) electrons. The molecule has 0 bridgehead atoms. The first-order chi connectivity index (χ1) is 7.67. The fraction of sp³-hybridized carbons (Fsp3) is 0.250. The predicted molar refractivity (Wildman–Crippen MR) is 58.6 cm³/mol. The zero-order chi connectivity index (χ0) is 11.7. The van der Waals surface area contributed by atoms with Crippen LogP contribution < -0.4 is 0 Å². The second kappa shape index (κ2) is 3.89. The van der Waals surface area contributed by atoms with E-state index in [0.717, 1.165) is 0 Å². The minimum Gasteiger partial charge on any atom is -0.508 e. The molecule has 1 aromatic heterocycles. The third kappa shape index (κ3) is 1.52. The van der Waals surface area contributed by atoms with Crippen LogP contribution in [0.1, 0.15) is 23.0 Å². The quantitative estimate of drug-likeness (QED) is 0.790. The molecule has 0 fully saturated rings. The Hall–Kier alpha value is -1.97. The van der Waals surface area contributed by atoms with Crippen molar-refractivity contribution in [2.24, 2.45) is 0 Å². The Morgan fingerprint density at radius 1 is 1.50 bits per heavy atom. The van der Waals surface area contributed by atoms with Gasteiger partial charge in [-0.2, -0.15) is 0 Å². The van der Waals surface area contributed by atoms with Gasteiger partial charge < -0.3 is 14.3 Å². The van der Waals surface area contributed by atoms with Crippen LogP contribution in [0.4, 0.5) is 0 Å². The molecule has 0 saturated carbocycles. The van der Waals surface area contributed by atoms with Gasteiger partial charge in [0.1, 0.15) is 22.7 Å². The van der Waals surface area contributed by atoms with E-state index in [1.807, 2.05) is 6.92 Å². The first-order valence-electron chi connectivity index (χ1n) is 5.00. The Morgan fingerprint density at radius 2 is 2.25 bits per heavy atom. The van der Waals surface area contributed by atoms with Gasteiger partial charge >= 0.3 is 5.97 Å². The highest BCUT2D eigenvalue weighted by atomic mass is 16.5. The van der Waals surface area contributed by atoms with Gasteiger partial charge in [-0.3, -0.25) is 0 Å². The number of aryl methyl sites for hydroxylation is 1. The molecular formula is C12H12O4. The molecule has 0 atom stereocenters. The van der Waals surface area contributed by atoms with Crippen LogP contribution in [0.25, 0.3) is 11.0 Å². The number of methoxy groups -OCH3 is 1. The van der Waals surface area contributed by atoms with E-state index in [-0.39, 0.29) is 5.75 Å². The molecule has 16 heavy (non-hydrogen) atoms. The Labute approximate surface area is 92.4 Å². The monoisotopic (exact) mass is 220 g/mol. The molecule has 0 aliphatic rings. The highest BCUT2D eigenvalue weighted by Gasteiger charge is 2.20. The van der Waals surface area contributed by atoms with E-state index in [2.05, 4.69) is 0 Å². The number of phenolic OH excluding ortho intramolecular Hbond substituents is 1. The molecule has 0 spiro atoms. The summed E-state index contributed by atoms with van der Waals surface area (Å²) >= 11 is 0. The van der Waals surface area contributed by atoms with Gasteiger partial charge in [0.25, 0.3) is 0 Å². The largest absolute Gasteiger partial charge is 0.508 e. The molecule has 1 heterocycles. The number of fused-ring (bicyclic) bond motifs is 1. The third-order valence-electron chi connectivity index (χ3n) is 2.46. The van der Waals surface area contributed by atoms with Crippen molar-refractivity contribution in [3.63, 3.8) is 0 Å². The molecular weight excluding hydrogens is 208 g/mol. The van der Waals surface area contributed by atoms with Gasteiger partial charge in [0.05, 0.1) is 7.11 Å². The highest BCUT2D eigenvalue weighted by molar-refractivity contribution is 6.04. The number of hydrogen-bond donors (Lipinski definition) is 1. The normalized spacial score (nSPS) is 10.6. The van der Waals surface area contributed by atoms with Crippen molar-refractivity contribution in [1.82, 2.24) is 0 Å². The lowest BCUT2D eigenvalue weighted by Gasteiger charge is -1.98. The second-order valence-electron chi connectivity index (χ2n) is 3.43. The van der Waals surface area contributed by atoms with Crippen LogP contribution in [0.5, 0.6) is 5.75 Å². The number of carbonyl (C=O) groups is 1. The number of rotatable bonds is 2. The lowest BCUT2D eigenvalue weighted by atomic mass is 10.1. The van der Waals surface area contributed by atoms with Gasteiger partial charge in [-0.15, -0.1) is 0 Å². The minimum atomic E-state index is -0.443. The maximum atomic E-state index is 11.6. The topological polar surface area (TPSA) is 59.7 Å². The zero-order valence-electron chi connectivity index (χ0n) is 9.11. The number of hydrogen-bond acceptors (Lipinski definition) is 4. The number of ether oxygens (including phenoxy) is 1. The Kier molecular flexibility index (Phi) is 2.56. The summed E-state index contributed by atoms with van der Waals surface area (Å²) in [6, 6.07) is 4.66. The molecule has 4 heteroatoms. The molecule has 1 aromatic carbocycles. The van der Waals surface area contributed by atoms with Crippen molar-refractivity contribution in [3.05, 3.63) is 29.5 Å². The van der Waals surface area contributed by atoms with E-state index in [1.165, 1.54) is 19.2 Å². The third-order valence-corrected chi connectivity index (χ3v) is 2.46. The summed E-state index contributed by atoms with van der Waals surface area (Å²) in [5.41, 5.74) is 0.978. The highest BCUT2D eigenvalue weighted by Crippen LogP contribution is 2.29. The molecule has 0 saturated heterocycles. The molecule has 1 N–H and O–H groups in total. The van der Waals surface area contributed by atoms with Crippen LogP contribution in [0, 0.1) is 0 Å². The average Bonchev–Trinajstić information content (AvgIpc) is 2.65. The number of aromatic hydroxyl groups is 1. The summed E-state index contributed by atoms with van der Waals surface area (Å²) in [6.45, 7) is 1.89. The summed E-state index contributed by atoms with van der Waals surface area (Å²) in [7, 11) is 1.32. The summed E-state index contributed by atoms with van der Waals surface area (Å²) in [6.07, 6.45) is 0.597. The maximum absolute atomic E-state index is 11.6. The van der Waals surface area contributed by atoms with Crippen molar-refractivity contribution in [1.29, 1.82) is 0 Å². The summed E-state index contributed by atoms with van der Waals surface area (Å²) < 4.78 is 10.2. The fourth-order valence-corrected chi connectivity index (χ4v) is 1.71. The predicted octanol–water partition coefficient (Wildman–Crippen LogP) is 2.49. The van der Waals surface area contributed by atoms with Gasteiger partial charge in [-0.1, -0.05) is 6.92 Å². The van der Waals surface area contributed by atoms with Crippen molar-refractivity contribution >= 4 is 16.9 Å². The number of furan rings is 1. The zero-order valence-corrected chi connectivity index (χ0v) is 9.11. The minimum absolute atomic E-state index is 0.0982. The smallest absolute Gasteiger partial charge is 0.342 e. The average molecular weight is 220 g/mol. The van der Waals surface area contributed by atoms with Crippen molar-refractivity contribution < 1.29 is 19.1 Å². The van der Waals surface area contributed by atoms with Crippen molar-refractivity contribution in [2.75, 3.05) is 7.11 Å². The lowest BCUT2D eigenvalue weighted by Crippen LogP contribution is -2.02. The van der Waals surface area contributed by atoms with Crippen molar-refractivity contribution in [3.8, 4) is 5.75 Å². The first kappa shape index (κ1) is 10.5. The van der Waals surface area contributed by atoms with E-state index in [4.69, 9.17) is 9.15 Å². The van der Waals surface area contributed by atoms with Gasteiger partial charge in [-0.05, 0) is 18.2 Å². The van der Waals surface area contributed by atoms with Crippen LogP contribution in [-0.2, 0) is 11.2 Å². The summed E-state index contributed by atoms with van der Waals surface area (Å²) in [4.78, 5) is 11.6. The number of benzene rings is 1. The second-order valence-corrected chi connectivity index (χ2v) is 3.43. The summed E-state index contributed by atoms with van der Waals surface area (Å²) in [5, 5.41) is 9.98. The fourth-order valence-electron chi connectivity index (χ4n) is 1.71. The maximum Gasteiger partial charge on any atom is 0.342 e. The van der Waals surface area contributed by atoms with E-state index in [9.17, 15) is 9.90 Å². The molecule has 2 aromatic rings. The number of esters is 1. The molecule has 0 aliphatic carbocycles. The van der Waals surface area contributed by atoms with Crippen LogP contribution in [0.15, 0.2) is 22.6 Å². The molecule has 0 aliphatic heterocycles.